The maximum absolute atomic E-state index is 12.3. The summed E-state index contributed by atoms with van der Waals surface area (Å²) >= 11 is 0. The average molecular weight is 314 g/mol. The van der Waals surface area contributed by atoms with Gasteiger partial charge in [-0.15, -0.1) is 0 Å². The van der Waals surface area contributed by atoms with E-state index in [2.05, 4.69) is 4.72 Å². The molecule has 0 unspecified atom stereocenters. The minimum atomic E-state index is -3.71. The molecule has 1 aromatic rings. The van der Waals surface area contributed by atoms with E-state index in [9.17, 15) is 18.3 Å². The lowest BCUT2D eigenvalue weighted by atomic mass is 10.1. The van der Waals surface area contributed by atoms with Gasteiger partial charge in [0.05, 0.1) is 37.0 Å². The highest BCUT2D eigenvalue weighted by atomic mass is 32.2. The number of hydrogen-bond acceptors (Lipinski definition) is 4. The Balaban J connectivity index is 2.87. The van der Waals surface area contributed by atoms with E-state index in [4.69, 9.17) is 0 Å². The molecule has 0 aliphatic heterocycles. The van der Waals surface area contributed by atoms with Gasteiger partial charge in [-0.3, -0.25) is 0 Å². The number of rotatable bonds is 8. The highest BCUT2D eigenvalue weighted by Crippen LogP contribution is 2.16. The summed E-state index contributed by atoms with van der Waals surface area (Å²) in [6, 6.07) is 3.94. The van der Waals surface area contributed by atoms with Crippen LogP contribution in [0.4, 0.5) is 0 Å². The molecule has 0 fully saturated rings. The zero-order valence-electron chi connectivity index (χ0n) is 12.6. The lowest BCUT2D eigenvalue weighted by Crippen LogP contribution is -3.12. The van der Waals surface area contributed by atoms with Crippen molar-refractivity contribution in [1.82, 2.24) is 4.72 Å². The Morgan fingerprint density at radius 3 is 2.43 bits per heavy atom. The van der Waals surface area contributed by atoms with Crippen LogP contribution in [0.1, 0.15) is 29.8 Å². The molecule has 2 N–H and O–H groups in total. The first kappa shape index (κ1) is 17.6. The summed E-state index contributed by atoms with van der Waals surface area (Å²) < 4.78 is 27.0. The number of aryl methyl sites for hydroxylation is 1. The van der Waals surface area contributed by atoms with E-state index >= 15 is 0 Å². The molecule has 0 spiro atoms. The highest BCUT2D eigenvalue weighted by Gasteiger charge is 2.18. The molecule has 21 heavy (non-hydrogen) atoms. The number of quaternary nitrogens is 1. The van der Waals surface area contributed by atoms with Crippen LogP contribution >= 0.6 is 0 Å². The quantitative estimate of drug-likeness (QED) is 0.615. The SMILES string of the molecule is CC[NH+](CC)CCNS(=O)(=O)c1cc(C(=O)[O-])ccc1C. The Labute approximate surface area is 125 Å². The number of carboxylic acids is 1. The molecule has 0 bridgehead atoms. The molecule has 1 aromatic carbocycles. The molecule has 1 rings (SSSR count). The van der Waals surface area contributed by atoms with E-state index in [1.165, 1.54) is 17.0 Å². The number of sulfonamides is 1. The Morgan fingerprint density at radius 1 is 1.29 bits per heavy atom. The molecule has 0 saturated heterocycles. The lowest BCUT2D eigenvalue weighted by molar-refractivity contribution is -0.895. The van der Waals surface area contributed by atoms with Gasteiger partial charge in [0.25, 0.3) is 0 Å². The molecule has 0 atom stereocenters. The Bertz CT molecular complexity index is 595. The second-order valence-electron chi connectivity index (χ2n) is 4.87. The van der Waals surface area contributed by atoms with Gasteiger partial charge >= 0.3 is 0 Å². The highest BCUT2D eigenvalue weighted by molar-refractivity contribution is 7.89. The second-order valence-corrected chi connectivity index (χ2v) is 6.61. The molecule has 7 heteroatoms. The predicted molar refractivity (Wildman–Crippen MR) is 77.6 cm³/mol. The minimum absolute atomic E-state index is 0.0150. The fourth-order valence-corrected chi connectivity index (χ4v) is 3.36. The largest absolute Gasteiger partial charge is 0.545 e. The Hall–Kier alpha value is -1.44. The van der Waals surface area contributed by atoms with E-state index in [0.29, 0.717) is 18.7 Å². The molecule has 0 aromatic heterocycles. The van der Waals surface area contributed by atoms with Gasteiger partial charge in [0.2, 0.25) is 10.0 Å². The first-order valence-electron chi connectivity index (χ1n) is 6.97. The molecule has 118 valence electrons. The van der Waals surface area contributed by atoms with Gasteiger partial charge in [-0.2, -0.15) is 0 Å². The number of carbonyl (C=O) groups is 1. The van der Waals surface area contributed by atoms with Crippen LogP contribution in [0.2, 0.25) is 0 Å². The van der Waals surface area contributed by atoms with Crippen molar-refractivity contribution in [2.75, 3.05) is 26.2 Å². The average Bonchev–Trinajstić information content (AvgIpc) is 2.43. The molecule has 0 radical (unpaired) electrons. The normalized spacial score (nSPS) is 11.8. The van der Waals surface area contributed by atoms with Gasteiger partial charge in [-0.05, 0) is 38.0 Å². The third-order valence-corrected chi connectivity index (χ3v) is 5.09. The third-order valence-electron chi connectivity index (χ3n) is 3.48. The molecular formula is C14H22N2O4S. The van der Waals surface area contributed by atoms with E-state index in [-0.39, 0.29) is 10.5 Å². The number of carbonyl (C=O) groups excluding carboxylic acids is 1. The number of hydrogen-bond donors (Lipinski definition) is 2. The number of nitrogens with one attached hydrogen (secondary N) is 2. The van der Waals surface area contributed by atoms with Crippen molar-refractivity contribution in [3.8, 4) is 0 Å². The summed E-state index contributed by atoms with van der Waals surface area (Å²) in [7, 11) is -3.71. The topological polar surface area (TPSA) is 90.7 Å². The van der Waals surface area contributed by atoms with Crippen molar-refractivity contribution in [1.29, 1.82) is 0 Å². The Kier molecular flexibility index (Phi) is 6.32. The van der Waals surface area contributed by atoms with Crippen molar-refractivity contribution in [2.24, 2.45) is 0 Å². The molecule has 0 saturated carbocycles. The second kappa shape index (κ2) is 7.53. The Morgan fingerprint density at radius 2 is 1.90 bits per heavy atom. The van der Waals surface area contributed by atoms with E-state index in [1.807, 2.05) is 13.8 Å². The zero-order chi connectivity index (χ0) is 16.0. The fourth-order valence-electron chi connectivity index (χ4n) is 2.06. The van der Waals surface area contributed by atoms with Gasteiger partial charge in [0.1, 0.15) is 0 Å². The van der Waals surface area contributed by atoms with E-state index < -0.39 is 16.0 Å². The molecule has 0 aliphatic carbocycles. The standard InChI is InChI=1S/C14H22N2O4S/c1-4-16(5-2)9-8-15-21(19,20)13-10-12(14(17)18)7-6-11(13)3/h6-7,10,15H,4-5,8-9H2,1-3H3,(H,17,18). The van der Waals surface area contributed by atoms with E-state index in [0.717, 1.165) is 19.2 Å². The van der Waals surface area contributed by atoms with Crippen molar-refractivity contribution >= 4 is 16.0 Å². The smallest absolute Gasteiger partial charge is 0.241 e. The van der Waals surface area contributed by atoms with Crippen LogP contribution in [0.25, 0.3) is 0 Å². The summed E-state index contributed by atoms with van der Waals surface area (Å²) in [5.74, 6) is -1.39. The summed E-state index contributed by atoms with van der Waals surface area (Å²) in [6.45, 7) is 8.57. The third kappa shape index (κ3) is 4.80. The monoisotopic (exact) mass is 314 g/mol. The van der Waals surface area contributed by atoms with Crippen LogP contribution < -0.4 is 14.7 Å². The molecule has 6 nitrogen and oxygen atoms in total. The summed E-state index contributed by atoms with van der Waals surface area (Å²) in [4.78, 5) is 12.1. The van der Waals surface area contributed by atoms with Gasteiger partial charge in [0, 0.05) is 0 Å². The van der Waals surface area contributed by atoms with Gasteiger partial charge in [0.15, 0.2) is 0 Å². The number of carboxylic acid groups (broad SMARTS) is 1. The molecule has 0 aliphatic rings. The van der Waals surface area contributed by atoms with Crippen LogP contribution in [-0.2, 0) is 10.0 Å². The number of likely N-dealkylation sites (N-methyl/N-ethyl adjacent to an activating group) is 1. The minimum Gasteiger partial charge on any atom is -0.545 e. The maximum Gasteiger partial charge on any atom is 0.241 e. The van der Waals surface area contributed by atoms with Crippen LogP contribution in [0.3, 0.4) is 0 Å². The van der Waals surface area contributed by atoms with E-state index in [1.54, 1.807) is 6.92 Å². The van der Waals surface area contributed by atoms with Crippen LogP contribution in [0.15, 0.2) is 23.1 Å². The van der Waals surface area contributed by atoms with Crippen LogP contribution in [-0.4, -0.2) is 40.6 Å². The van der Waals surface area contributed by atoms with Crippen LogP contribution in [0, 0.1) is 6.92 Å². The van der Waals surface area contributed by atoms with Crippen molar-refractivity contribution in [3.63, 3.8) is 0 Å². The van der Waals surface area contributed by atoms with Gasteiger partial charge in [-0.25, -0.2) is 13.1 Å². The summed E-state index contributed by atoms with van der Waals surface area (Å²) in [5.41, 5.74) is 0.359. The fraction of sp³-hybridized carbons (Fsp3) is 0.500. The maximum atomic E-state index is 12.3. The predicted octanol–water partition coefficient (Wildman–Crippen LogP) is -1.44. The zero-order valence-corrected chi connectivity index (χ0v) is 13.4. The first-order valence-corrected chi connectivity index (χ1v) is 8.45. The van der Waals surface area contributed by atoms with Crippen molar-refractivity contribution in [2.45, 2.75) is 25.7 Å². The van der Waals surface area contributed by atoms with Crippen LogP contribution in [0.5, 0.6) is 0 Å². The van der Waals surface area contributed by atoms with Gasteiger partial charge in [-0.1, -0.05) is 12.1 Å². The molecule has 0 heterocycles. The first-order chi connectivity index (χ1) is 9.81. The van der Waals surface area contributed by atoms with Gasteiger partial charge < -0.3 is 14.8 Å². The molecular weight excluding hydrogens is 292 g/mol. The summed E-state index contributed by atoms with van der Waals surface area (Å²) in [6.07, 6.45) is 0. The molecule has 0 amide bonds. The number of benzene rings is 1. The van der Waals surface area contributed by atoms with Crippen molar-refractivity contribution < 1.29 is 23.2 Å². The van der Waals surface area contributed by atoms with Crippen molar-refractivity contribution in [3.05, 3.63) is 29.3 Å². The number of aromatic carboxylic acids is 1. The summed E-state index contributed by atoms with van der Waals surface area (Å²) in [5, 5.41) is 10.8. The lowest BCUT2D eigenvalue weighted by Gasteiger charge is -2.16.